The first kappa shape index (κ1) is 14.9. The number of benzene rings is 1. The van der Waals surface area contributed by atoms with Gasteiger partial charge < -0.3 is 5.32 Å². The largest absolute Gasteiger partial charge is 0.315 e. The molecule has 1 aromatic carbocycles. The molecule has 1 aromatic rings. The minimum Gasteiger partial charge on any atom is -0.315 e. The van der Waals surface area contributed by atoms with E-state index in [9.17, 15) is 4.39 Å². The van der Waals surface area contributed by atoms with Crippen molar-refractivity contribution in [2.45, 2.75) is 38.8 Å². The number of hydrogen-bond acceptors (Lipinski definition) is 2. The van der Waals surface area contributed by atoms with Crippen LogP contribution in [0.1, 0.15) is 31.7 Å². The summed E-state index contributed by atoms with van der Waals surface area (Å²) in [6.07, 6.45) is 3.65. The van der Waals surface area contributed by atoms with Crippen LogP contribution in [0.5, 0.6) is 0 Å². The van der Waals surface area contributed by atoms with E-state index in [4.69, 9.17) is 0 Å². The van der Waals surface area contributed by atoms with E-state index in [1.807, 2.05) is 6.07 Å². The van der Waals surface area contributed by atoms with Crippen LogP contribution in [-0.2, 0) is 6.54 Å². The molecule has 1 fully saturated rings. The Bertz CT molecular complexity index is 411. The van der Waals surface area contributed by atoms with Crippen molar-refractivity contribution in [2.24, 2.45) is 0 Å². The zero-order chi connectivity index (χ0) is 13.7. The lowest BCUT2D eigenvalue weighted by molar-refractivity contribution is 0.238. The van der Waals surface area contributed by atoms with Crippen LogP contribution in [-0.4, -0.2) is 30.6 Å². The summed E-state index contributed by atoms with van der Waals surface area (Å²) in [4.78, 5) is 2.46. The molecule has 0 bridgehead atoms. The maximum absolute atomic E-state index is 13.5. The van der Waals surface area contributed by atoms with Gasteiger partial charge in [-0.25, -0.2) is 4.39 Å². The maximum Gasteiger partial charge on any atom is 0.137 e. The average Bonchev–Trinajstić information content (AvgIpc) is 2.83. The van der Waals surface area contributed by atoms with Crippen LogP contribution in [0.25, 0.3) is 0 Å². The second-order valence-corrected chi connectivity index (χ2v) is 5.98. The van der Waals surface area contributed by atoms with Crippen LogP contribution >= 0.6 is 15.9 Å². The fourth-order valence-corrected chi connectivity index (χ4v) is 3.06. The van der Waals surface area contributed by atoms with Crippen LogP contribution in [0.3, 0.4) is 0 Å². The Hall–Kier alpha value is -0.450. The summed E-state index contributed by atoms with van der Waals surface area (Å²) in [7, 11) is 0. The number of nitrogens with one attached hydrogen (secondary N) is 1. The Kier molecular flexibility index (Phi) is 5.79. The summed E-state index contributed by atoms with van der Waals surface area (Å²) in [6, 6.07) is 5.87. The molecule has 0 aliphatic carbocycles. The number of rotatable bonds is 6. The van der Waals surface area contributed by atoms with E-state index in [-0.39, 0.29) is 5.82 Å². The Morgan fingerprint density at radius 3 is 3.11 bits per heavy atom. The molecule has 106 valence electrons. The summed E-state index contributed by atoms with van der Waals surface area (Å²) >= 11 is 3.35. The molecule has 4 heteroatoms. The number of likely N-dealkylation sites (tertiary alicyclic amines) is 1. The molecule has 1 aliphatic rings. The van der Waals surface area contributed by atoms with Crippen molar-refractivity contribution in [3.05, 3.63) is 34.1 Å². The van der Waals surface area contributed by atoms with Gasteiger partial charge in [-0.2, -0.15) is 0 Å². The maximum atomic E-state index is 13.5. The molecular weight excluding hydrogens is 307 g/mol. The van der Waals surface area contributed by atoms with Gasteiger partial charge in [-0.1, -0.05) is 19.1 Å². The number of hydrogen-bond donors (Lipinski definition) is 1. The lowest BCUT2D eigenvalue weighted by atomic mass is 10.1. The van der Waals surface area contributed by atoms with Crippen molar-refractivity contribution in [2.75, 3.05) is 19.6 Å². The van der Waals surface area contributed by atoms with Crippen molar-refractivity contribution in [1.82, 2.24) is 10.2 Å². The molecular formula is C15H22BrFN2. The van der Waals surface area contributed by atoms with E-state index in [1.165, 1.54) is 25.3 Å². The highest BCUT2D eigenvalue weighted by molar-refractivity contribution is 9.10. The average molecular weight is 329 g/mol. The fourth-order valence-electron chi connectivity index (χ4n) is 2.67. The SMILES string of the molecule is CCCNCC1CCCN1Cc1cccc(F)c1Br. The van der Waals surface area contributed by atoms with E-state index in [0.717, 1.165) is 31.7 Å². The number of halogens is 2. The zero-order valence-corrected chi connectivity index (χ0v) is 13.0. The van der Waals surface area contributed by atoms with Crippen molar-refractivity contribution >= 4 is 15.9 Å². The lowest BCUT2D eigenvalue weighted by Gasteiger charge is -2.25. The van der Waals surface area contributed by atoms with E-state index < -0.39 is 0 Å². The third-order valence-corrected chi connectivity index (χ3v) is 4.60. The Labute approximate surface area is 123 Å². The zero-order valence-electron chi connectivity index (χ0n) is 11.5. The van der Waals surface area contributed by atoms with Gasteiger partial charge in [-0.15, -0.1) is 0 Å². The van der Waals surface area contributed by atoms with Gasteiger partial charge in [0.05, 0.1) is 4.47 Å². The Morgan fingerprint density at radius 2 is 2.32 bits per heavy atom. The van der Waals surface area contributed by atoms with Gasteiger partial charge >= 0.3 is 0 Å². The number of nitrogens with zero attached hydrogens (tertiary/aromatic N) is 1. The van der Waals surface area contributed by atoms with Crippen LogP contribution in [0.4, 0.5) is 4.39 Å². The van der Waals surface area contributed by atoms with Gasteiger partial charge in [0.25, 0.3) is 0 Å². The monoisotopic (exact) mass is 328 g/mol. The quantitative estimate of drug-likeness (QED) is 0.803. The van der Waals surface area contributed by atoms with Gasteiger partial charge in [0, 0.05) is 19.1 Å². The van der Waals surface area contributed by atoms with Gasteiger partial charge in [0.15, 0.2) is 0 Å². The molecule has 1 saturated heterocycles. The smallest absolute Gasteiger partial charge is 0.137 e. The van der Waals surface area contributed by atoms with E-state index >= 15 is 0 Å². The molecule has 1 aliphatic heterocycles. The van der Waals surface area contributed by atoms with Crippen LogP contribution in [0, 0.1) is 5.82 Å². The minimum absolute atomic E-state index is 0.169. The molecule has 19 heavy (non-hydrogen) atoms. The Balaban J connectivity index is 1.95. The summed E-state index contributed by atoms with van der Waals surface area (Å²) in [5.74, 6) is -0.169. The highest BCUT2D eigenvalue weighted by Gasteiger charge is 2.24. The molecule has 2 nitrogen and oxygen atoms in total. The summed E-state index contributed by atoms with van der Waals surface area (Å²) in [5.41, 5.74) is 1.04. The molecule has 0 aromatic heterocycles. The fraction of sp³-hybridized carbons (Fsp3) is 0.600. The predicted molar refractivity (Wildman–Crippen MR) is 80.7 cm³/mol. The van der Waals surface area contributed by atoms with Crippen molar-refractivity contribution in [3.63, 3.8) is 0 Å². The molecule has 0 spiro atoms. The molecule has 0 saturated carbocycles. The standard InChI is InChI=1S/C15H22BrFN2/c1-2-8-18-10-13-6-4-9-19(13)11-12-5-3-7-14(17)15(12)16/h3,5,7,13,18H,2,4,6,8-11H2,1H3. The lowest BCUT2D eigenvalue weighted by Crippen LogP contribution is -2.37. The van der Waals surface area contributed by atoms with Crippen molar-refractivity contribution < 1.29 is 4.39 Å². The second kappa shape index (κ2) is 7.36. The van der Waals surface area contributed by atoms with E-state index in [1.54, 1.807) is 6.07 Å². The minimum atomic E-state index is -0.169. The predicted octanol–water partition coefficient (Wildman–Crippen LogP) is 3.55. The van der Waals surface area contributed by atoms with Crippen molar-refractivity contribution in [1.29, 1.82) is 0 Å². The molecule has 1 unspecified atom stereocenters. The summed E-state index contributed by atoms with van der Waals surface area (Å²) < 4.78 is 14.1. The van der Waals surface area contributed by atoms with E-state index in [0.29, 0.717) is 10.5 Å². The first-order valence-corrected chi connectivity index (χ1v) is 7.89. The molecule has 2 rings (SSSR count). The summed E-state index contributed by atoms with van der Waals surface area (Å²) in [6.45, 7) is 6.25. The van der Waals surface area contributed by atoms with Crippen molar-refractivity contribution in [3.8, 4) is 0 Å². The second-order valence-electron chi connectivity index (χ2n) is 5.18. The van der Waals surface area contributed by atoms with Crippen LogP contribution in [0.2, 0.25) is 0 Å². The molecule has 0 amide bonds. The first-order chi connectivity index (χ1) is 9.22. The topological polar surface area (TPSA) is 15.3 Å². The van der Waals surface area contributed by atoms with E-state index in [2.05, 4.69) is 33.1 Å². The van der Waals surface area contributed by atoms with Crippen LogP contribution in [0.15, 0.2) is 22.7 Å². The van der Waals surface area contributed by atoms with Crippen LogP contribution < -0.4 is 5.32 Å². The van der Waals surface area contributed by atoms with Gasteiger partial charge in [0.2, 0.25) is 0 Å². The third kappa shape index (κ3) is 4.01. The summed E-state index contributed by atoms with van der Waals surface area (Å²) in [5, 5.41) is 3.49. The highest BCUT2D eigenvalue weighted by Crippen LogP contribution is 2.25. The molecule has 0 radical (unpaired) electrons. The molecule has 1 N–H and O–H groups in total. The Morgan fingerprint density at radius 1 is 1.47 bits per heavy atom. The van der Waals surface area contributed by atoms with Gasteiger partial charge in [0.1, 0.15) is 5.82 Å². The molecule has 1 atom stereocenters. The molecule has 1 heterocycles. The third-order valence-electron chi connectivity index (χ3n) is 3.71. The first-order valence-electron chi connectivity index (χ1n) is 7.10. The van der Waals surface area contributed by atoms with Gasteiger partial charge in [-0.05, 0) is 59.9 Å². The highest BCUT2D eigenvalue weighted by atomic mass is 79.9. The normalized spacial score (nSPS) is 20.1. The van der Waals surface area contributed by atoms with Gasteiger partial charge in [-0.3, -0.25) is 4.90 Å².